The van der Waals surface area contributed by atoms with Crippen molar-refractivity contribution in [2.75, 3.05) is 19.6 Å². The first-order chi connectivity index (χ1) is 14.4. The molecular formula is C25H32N4O. The van der Waals surface area contributed by atoms with E-state index in [1.54, 1.807) is 0 Å². The number of hydrogen-bond acceptors (Lipinski definition) is 3. The van der Waals surface area contributed by atoms with E-state index in [1.807, 2.05) is 29.5 Å². The summed E-state index contributed by atoms with van der Waals surface area (Å²) >= 11 is 0. The van der Waals surface area contributed by atoms with Gasteiger partial charge in [0.1, 0.15) is 0 Å². The topological polar surface area (TPSA) is 42.5 Å². The second-order valence-electron chi connectivity index (χ2n) is 8.38. The predicted octanol–water partition coefficient (Wildman–Crippen LogP) is 4.85. The van der Waals surface area contributed by atoms with Crippen LogP contribution >= 0.6 is 0 Å². The maximum absolute atomic E-state index is 13.4. The highest BCUT2D eigenvalue weighted by Crippen LogP contribution is 2.24. The SMILES string of the molecule is CCN(CC)CCCCn1c2cc(C)c(C)cc2n2c(=O)c3ccc(C)cc3nc12. The molecule has 4 aromatic rings. The maximum Gasteiger partial charge on any atom is 0.267 e. The number of unbranched alkanes of at least 4 members (excludes halogenated alkanes) is 1. The van der Waals surface area contributed by atoms with Crippen molar-refractivity contribution in [2.45, 2.75) is 54.0 Å². The van der Waals surface area contributed by atoms with Gasteiger partial charge in [-0.15, -0.1) is 0 Å². The molecule has 158 valence electrons. The Hall–Kier alpha value is -2.66. The summed E-state index contributed by atoms with van der Waals surface area (Å²) in [5.74, 6) is 0.751. The van der Waals surface area contributed by atoms with Crippen LogP contribution in [0.1, 0.15) is 43.4 Å². The first kappa shape index (κ1) is 20.6. The lowest BCUT2D eigenvalue weighted by Gasteiger charge is -2.17. The fraction of sp³-hybridized carbons (Fsp3) is 0.440. The summed E-state index contributed by atoms with van der Waals surface area (Å²) in [4.78, 5) is 20.8. The number of aromatic nitrogens is 3. The molecule has 2 aromatic carbocycles. The van der Waals surface area contributed by atoms with Crippen molar-refractivity contribution in [1.29, 1.82) is 0 Å². The zero-order valence-electron chi connectivity index (χ0n) is 18.8. The molecule has 0 aliphatic heterocycles. The van der Waals surface area contributed by atoms with Gasteiger partial charge in [-0.1, -0.05) is 19.9 Å². The van der Waals surface area contributed by atoms with Gasteiger partial charge < -0.3 is 9.47 Å². The number of hydrogen-bond donors (Lipinski definition) is 0. The van der Waals surface area contributed by atoms with Gasteiger partial charge in [-0.05, 0) is 94.2 Å². The third kappa shape index (κ3) is 3.52. The monoisotopic (exact) mass is 404 g/mol. The zero-order chi connectivity index (χ0) is 21.4. The van der Waals surface area contributed by atoms with E-state index in [9.17, 15) is 4.79 Å². The highest BCUT2D eigenvalue weighted by molar-refractivity contribution is 5.87. The number of benzene rings is 2. The van der Waals surface area contributed by atoms with Gasteiger partial charge in [0.2, 0.25) is 5.78 Å². The van der Waals surface area contributed by atoms with Gasteiger partial charge in [0, 0.05) is 6.54 Å². The molecule has 0 radical (unpaired) electrons. The summed E-state index contributed by atoms with van der Waals surface area (Å²) in [6.07, 6.45) is 2.19. The van der Waals surface area contributed by atoms with E-state index in [0.29, 0.717) is 5.39 Å². The Bertz CT molecular complexity index is 1280. The van der Waals surface area contributed by atoms with Gasteiger partial charge in [-0.3, -0.25) is 4.79 Å². The number of nitrogens with zero attached hydrogens (tertiary/aromatic N) is 4. The molecule has 0 saturated carbocycles. The van der Waals surface area contributed by atoms with Crippen molar-refractivity contribution in [3.05, 3.63) is 57.4 Å². The van der Waals surface area contributed by atoms with Crippen LogP contribution in [0.25, 0.3) is 27.7 Å². The average molecular weight is 405 g/mol. The molecule has 0 atom stereocenters. The Morgan fingerprint density at radius 2 is 1.63 bits per heavy atom. The van der Waals surface area contributed by atoms with E-state index in [0.717, 1.165) is 66.9 Å². The summed E-state index contributed by atoms with van der Waals surface area (Å²) < 4.78 is 4.05. The summed E-state index contributed by atoms with van der Waals surface area (Å²) in [7, 11) is 0. The average Bonchev–Trinajstić information content (AvgIpc) is 3.01. The van der Waals surface area contributed by atoms with Crippen molar-refractivity contribution in [1.82, 2.24) is 18.9 Å². The van der Waals surface area contributed by atoms with Gasteiger partial charge >= 0.3 is 0 Å². The Morgan fingerprint density at radius 1 is 0.933 bits per heavy atom. The molecule has 5 heteroatoms. The van der Waals surface area contributed by atoms with Crippen LogP contribution in [0.3, 0.4) is 0 Å². The van der Waals surface area contributed by atoms with E-state index in [2.05, 4.69) is 49.3 Å². The molecule has 5 nitrogen and oxygen atoms in total. The largest absolute Gasteiger partial charge is 0.309 e. The molecule has 0 N–H and O–H groups in total. The smallest absolute Gasteiger partial charge is 0.267 e. The quantitative estimate of drug-likeness (QED) is 0.414. The molecule has 0 fully saturated rings. The minimum atomic E-state index is 0.0187. The van der Waals surface area contributed by atoms with Crippen molar-refractivity contribution < 1.29 is 0 Å². The molecule has 30 heavy (non-hydrogen) atoms. The van der Waals surface area contributed by atoms with Crippen LogP contribution in [0, 0.1) is 20.8 Å². The summed E-state index contributed by atoms with van der Waals surface area (Å²) in [5.41, 5.74) is 6.40. The fourth-order valence-electron chi connectivity index (χ4n) is 4.34. The molecule has 0 bridgehead atoms. The molecule has 4 rings (SSSR count). The molecule has 0 amide bonds. The minimum absolute atomic E-state index is 0.0187. The molecule has 2 aromatic heterocycles. The maximum atomic E-state index is 13.4. The van der Waals surface area contributed by atoms with Crippen LogP contribution in [0.4, 0.5) is 0 Å². The van der Waals surface area contributed by atoms with Gasteiger partial charge in [-0.2, -0.15) is 0 Å². The predicted molar refractivity (Wildman–Crippen MR) is 126 cm³/mol. The van der Waals surface area contributed by atoms with Crippen molar-refractivity contribution in [3.63, 3.8) is 0 Å². The second kappa shape index (κ2) is 8.23. The minimum Gasteiger partial charge on any atom is -0.309 e. The normalized spacial score (nSPS) is 12.1. The lowest BCUT2D eigenvalue weighted by atomic mass is 10.1. The van der Waals surface area contributed by atoms with Gasteiger partial charge in [0.25, 0.3) is 5.56 Å². The van der Waals surface area contributed by atoms with E-state index in [4.69, 9.17) is 4.98 Å². The van der Waals surface area contributed by atoms with Gasteiger partial charge in [0.05, 0.1) is 21.9 Å². The lowest BCUT2D eigenvalue weighted by molar-refractivity contribution is 0.295. The Kier molecular flexibility index (Phi) is 5.65. The second-order valence-corrected chi connectivity index (χ2v) is 8.38. The van der Waals surface area contributed by atoms with E-state index in [1.165, 1.54) is 11.1 Å². The third-order valence-corrected chi connectivity index (χ3v) is 6.37. The van der Waals surface area contributed by atoms with Crippen LogP contribution in [-0.4, -0.2) is 38.5 Å². The molecule has 0 spiro atoms. The highest BCUT2D eigenvalue weighted by atomic mass is 16.1. The van der Waals surface area contributed by atoms with E-state index < -0.39 is 0 Å². The van der Waals surface area contributed by atoms with Crippen LogP contribution < -0.4 is 5.56 Å². The number of fused-ring (bicyclic) bond motifs is 4. The zero-order valence-corrected chi connectivity index (χ0v) is 18.8. The standard InChI is InChI=1S/C25H32N4O/c1-6-27(7-2)12-8-9-13-28-22-15-18(4)19(5)16-23(22)29-24(30)20-11-10-17(3)14-21(20)26-25(28)29/h10-11,14-16H,6-9,12-13H2,1-5H3. The van der Waals surface area contributed by atoms with E-state index >= 15 is 0 Å². The van der Waals surface area contributed by atoms with E-state index in [-0.39, 0.29) is 5.56 Å². The molecule has 0 aliphatic carbocycles. The van der Waals surface area contributed by atoms with Crippen LogP contribution in [0.2, 0.25) is 0 Å². The van der Waals surface area contributed by atoms with Crippen molar-refractivity contribution in [3.8, 4) is 0 Å². The van der Waals surface area contributed by atoms with Gasteiger partial charge in [-0.25, -0.2) is 9.38 Å². The fourth-order valence-corrected chi connectivity index (χ4v) is 4.34. The molecular weight excluding hydrogens is 372 g/mol. The van der Waals surface area contributed by atoms with Crippen LogP contribution in [0.5, 0.6) is 0 Å². The third-order valence-electron chi connectivity index (χ3n) is 6.37. The van der Waals surface area contributed by atoms with Crippen LogP contribution in [0.15, 0.2) is 35.1 Å². The number of rotatable bonds is 7. The highest BCUT2D eigenvalue weighted by Gasteiger charge is 2.17. The number of imidazole rings is 1. The Balaban J connectivity index is 1.87. The van der Waals surface area contributed by atoms with Crippen LogP contribution in [-0.2, 0) is 6.54 Å². The molecule has 0 unspecified atom stereocenters. The molecule has 2 heterocycles. The Morgan fingerprint density at radius 3 is 2.33 bits per heavy atom. The first-order valence-electron chi connectivity index (χ1n) is 11.1. The summed E-state index contributed by atoms with van der Waals surface area (Å²) in [6.45, 7) is 14.9. The summed E-state index contributed by atoms with van der Waals surface area (Å²) in [5, 5.41) is 0.678. The number of aryl methyl sites for hydroxylation is 4. The first-order valence-corrected chi connectivity index (χ1v) is 11.1. The van der Waals surface area contributed by atoms with Crippen molar-refractivity contribution in [2.24, 2.45) is 0 Å². The summed E-state index contributed by atoms with van der Waals surface area (Å²) in [6, 6.07) is 10.2. The molecule has 0 aliphatic rings. The Labute approximate surface area is 177 Å². The van der Waals surface area contributed by atoms with Gasteiger partial charge in [0.15, 0.2) is 0 Å². The van der Waals surface area contributed by atoms with Crippen molar-refractivity contribution >= 4 is 27.7 Å². The lowest BCUT2D eigenvalue weighted by Crippen LogP contribution is -2.24. The molecule has 0 saturated heterocycles.